The second-order valence-corrected chi connectivity index (χ2v) is 4.83. The highest BCUT2D eigenvalue weighted by atomic mass is 15.0. The van der Waals surface area contributed by atoms with Crippen molar-refractivity contribution in [2.24, 2.45) is 0 Å². The molecule has 0 bridgehead atoms. The lowest BCUT2D eigenvalue weighted by molar-refractivity contribution is 0.999. The van der Waals surface area contributed by atoms with Crippen molar-refractivity contribution < 1.29 is 0 Å². The summed E-state index contributed by atoms with van der Waals surface area (Å²) in [6.45, 7) is 5.01. The van der Waals surface area contributed by atoms with Crippen LogP contribution in [0, 0.1) is 0 Å². The van der Waals surface area contributed by atoms with E-state index in [0.29, 0.717) is 0 Å². The zero-order valence-electron chi connectivity index (χ0n) is 12.3. The Hall–Kier alpha value is -2.49. The van der Waals surface area contributed by atoms with Crippen LogP contribution in [0.1, 0.15) is 19.5 Å². The van der Waals surface area contributed by atoms with E-state index >= 15 is 0 Å². The Bertz CT molecular complexity index is 762. The molecule has 0 aliphatic carbocycles. The van der Waals surface area contributed by atoms with E-state index in [4.69, 9.17) is 0 Å². The number of nitrogens with one attached hydrogen (secondary N) is 1. The Kier molecular flexibility index (Phi) is 3.77. The molecule has 0 atom stereocenters. The highest BCUT2D eigenvalue weighted by Gasteiger charge is 2.09. The maximum atomic E-state index is 4.68. The minimum Gasteiger partial charge on any atom is -0.370 e. The van der Waals surface area contributed by atoms with Crippen LogP contribution in [-0.2, 0) is 6.42 Å². The molecule has 0 spiro atoms. The standard InChI is InChI=1S/C17H18N4/c1-3-12-11-16(18-4-2)21-17(20-12)14-9-10-19-15-8-6-5-7-13(14)15/h5-11H,3-4H2,1-2H3,(H,18,20,21). The highest BCUT2D eigenvalue weighted by Crippen LogP contribution is 2.25. The molecule has 21 heavy (non-hydrogen) atoms. The van der Waals surface area contributed by atoms with Gasteiger partial charge in [0.1, 0.15) is 5.82 Å². The number of rotatable bonds is 4. The topological polar surface area (TPSA) is 50.7 Å². The molecular formula is C17H18N4. The van der Waals surface area contributed by atoms with Crippen LogP contribution in [0.5, 0.6) is 0 Å². The van der Waals surface area contributed by atoms with Gasteiger partial charge in [0.25, 0.3) is 0 Å². The van der Waals surface area contributed by atoms with Crippen molar-refractivity contribution in [3.8, 4) is 11.4 Å². The molecule has 4 nitrogen and oxygen atoms in total. The van der Waals surface area contributed by atoms with Crippen LogP contribution in [0.2, 0.25) is 0 Å². The molecule has 3 aromatic rings. The molecule has 0 saturated heterocycles. The van der Waals surface area contributed by atoms with Gasteiger partial charge in [-0.05, 0) is 25.5 Å². The molecule has 0 radical (unpaired) electrons. The molecule has 1 N–H and O–H groups in total. The average Bonchev–Trinajstić information content (AvgIpc) is 2.54. The SMILES string of the molecule is CCNc1cc(CC)nc(-c2ccnc3ccccc23)n1. The number of para-hydroxylation sites is 1. The molecular weight excluding hydrogens is 260 g/mol. The molecule has 2 aromatic heterocycles. The molecule has 4 heteroatoms. The van der Waals surface area contributed by atoms with Gasteiger partial charge in [-0.3, -0.25) is 4.98 Å². The van der Waals surface area contributed by atoms with Gasteiger partial charge in [-0.25, -0.2) is 9.97 Å². The summed E-state index contributed by atoms with van der Waals surface area (Å²) in [6.07, 6.45) is 2.70. The largest absolute Gasteiger partial charge is 0.370 e. The molecule has 0 aliphatic rings. The number of hydrogen-bond donors (Lipinski definition) is 1. The Morgan fingerprint density at radius 2 is 1.90 bits per heavy atom. The number of nitrogens with zero attached hydrogens (tertiary/aromatic N) is 3. The molecule has 1 aromatic carbocycles. The lowest BCUT2D eigenvalue weighted by Gasteiger charge is -2.09. The minimum atomic E-state index is 0.754. The van der Waals surface area contributed by atoms with Crippen LogP contribution >= 0.6 is 0 Å². The van der Waals surface area contributed by atoms with E-state index in [0.717, 1.165) is 46.8 Å². The fourth-order valence-corrected chi connectivity index (χ4v) is 2.36. The summed E-state index contributed by atoms with van der Waals surface area (Å²) in [5.74, 6) is 1.63. The molecule has 0 aliphatic heterocycles. The van der Waals surface area contributed by atoms with Crippen molar-refractivity contribution in [2.45, 2.75) is 20.3 Å². The van der Waals surface area contributed by atoms with E-state index in [1.54, 1.807) is 0 Å². The fourth-order valence-electron chi connectivity index (χ4n) is 2.36. The summed E-state index contributed by atoms with van der Waals surface area (Å²) in [4.78, 5) is 13.7. The zero-order valence-corrected chi connectivity index (χ0v) is 12.3. The summed E-state index contributed by atoms with van der Waals surface area (Å²) in [6, 6.07) is 12.1. The van der Waals surface area contributed by atoms with Gasteiger partial charge in [-0.15, -0.1) is 0 Å². The molecule has 2 heterocycles. The first kappa shape index (κ1) is 13.5. The highest BCUT2D eigenvalue weighted by molar-refractivity contribution is 5.92. The monoisotopic (exact) mass is 278 g/mol. The zero-order chi connectivity index (χ0) is 14.7. The lowest BCUT2D eigenvalue weighted by atomic mass is 10.1. The molecule has 0 amide bonds. The van der Waals surface area contributed by atoms with Crippen LogP contribution < -0.4 is 5.32 Å². The van der Waals surface area contributed by atoms with Gasteiger partial charge < -0.3 is 5.32 Å². The first-order chi connectivity index (χ1) is 10.3. The molecule has 3 rings (SSSR count). The van der Waals surface area contributed by atoms with Crippen LogP contribution in [0.15, 0.2) is 42.6 Å². The summed E-state index contributed by atoms with van der Waals surface area (Å²) in [7, 11) is 0. The van der Waals surface area contributed by atoms with Crippen LogP contribution in [-0.4, -0.2) is 21.5 Å². The van der Waals surface area contributed by atoms with Crippen molar-refractivity contribution in [1.29, 1.82) is 0 Å². The smallest absolute Gasteiger partial charge is 0.162 e. The van der Waals surface area contributed by atoms with E-state index in [1.807, 2.05) is 36.5 Å². The summed E-state index contributed by atoms with van der Waals surface area (Å²) in [5, 5.41) is 4.35. The van der Waals surface area contributed by atoms with Crippen molar-refractivity contribution in [3.05, 3.63) is 48.3 Å². The van der Waals surface area contributed by atoms with Crippen LogP contribution in [0.4, 0.5) is 5.82 Å². The number of pyridine rings is 1. The normalized spacial score (nSPS) is 10.8. The van der Waals surface area contributed by atoms with E-state index in [2.05, 4.69) is 40.2 Å². The number of hydrogen-bond acceptors (Lipinski definition) is 4. The maximum absolute atomic E-state index is 4.68. The second-order valence-electron chi connectivity index (χ2n) is 4.83. The van der Waals surface area contributed by atoms with Gasteiger partial charge in [-0.1, -0.05) is 25.1 Å². The lowest BCUT2D eigenvalue weighted by Crippen LogP contribution is -2.04. The Morgan fingerprint density at radius 3 is 2.71 bits per heavy atom. The van der Waals surface area contributed by atoms with Crippen LogP contribution in [0.25, 0.3) is 22.3 Å². The predicted molar refractivity (Wildman–Crippen MR) is 86.3 cm³/mol. The van der Waals surface area contributed by atoms with E-state index < -0.39 is 0 Å². The van der Waals surface area contributed by atoms with Crippen molar-refractivity contribution >= 4 is 16.7 Å². The Balaban J connectivity index is 2.20. The summed E-state index contributed by atoms with van der Waals surface area (Å²) in [5.41, 5.74) is 3.03. The fraction of sp³-hybridized carbons (Fsp3) is 0.235. The third-order valence-electron chi connectivity index (χ3n) is 3.39. The average molecular weight is 278 g/mol. The number of aryl methyl sites for hydroxylation is 1. The third-order valence-corrected chi connectivity index (χ3v) is 3.39. The van der Waals surface area contributed by atoms with Crippen molar-refractivity contribution in [3.63, 3.8) is 0 Å². The molecule has 0 fully saturated rings. The summed E-state index contributed by atoms with van der Waals surface area (Å²) < 4.78 is 0. The molecule has 106 valence electrons. The first-order valence-electron chi connectivity index (χ1n) is 7.27. The predicted octanol–water partition coefficient (Wildman–Crippen LogP) is 3.69. The Labute approximate surface area is 124 Å². The van der Waals surface area contributed by atoms with Gasteiger partial charge in [0, 0.05) is 35.5 Å². The molecule has 0 unspecified atom stereocenters. The van der Waals surface area contributed by atoms with Crippen LogP contribution in [0.3, 0.4) is 0 Å². The molecule has 0 saturated carbocycles. The Morgan fingerprint density at radius 1 is 1.05 bits per heavy atom. The third kappa shape index (κ3) is 2.70. The van der Waals surface area contributed by atoms with Gasteiger partial charge in [-0.2, -0.15) is 0 Å². The van der Waals surface area contributed by atoms with E-state index in [9.17, 15) is 0 Å². The maximum Gasteiger partial charge on any atom is 0.162 e. The van der Waals surface area contributed by atoms with E-state index in [-0.39, 0.29) is 0 Å². The van der Waals surface area contributed by atoms with E-state index in [1.165, 1.54) is 0 Å². The first-order valence-corrected chi connectivity index (χ1v) is 7.27. The van der Waals surface area contributed by atoms with Gasteiger partial charge in [0.2, 0.25) is 0 Å². The second kappa shape index (κ2) is 5.87. The number of fused-ring (bicyclic) bond motifs is 1. The van der Waals surface area contributed by atoms with Crippen molar-refractivity contribution in [1.82, 2.24) is 15.0 Å². The number of aromatic nitrogens is 3. The number of benzene rings is 1. The van der Waals surface area contributed by atoms with Gasteiger partial charge in [0.05, 0.1) is 5.52 Å². The van der Waals surface area contributed by atoms with Gasteiger partial charge in [0.15, 0.2) is 5.82 Å². The van der Waals surface area contributed by atoms with Gasteiger partial charge >= 0.3 is 0 Å². The number of anilines is 1. The van der Waals surface area contributed by atoms with Crippen molar-refractivity contribution in [2.75, 3.05) is 11.9 Å². The quantitative estimate of drug-likeness (QED) is 0.791. The summed E-state index contributed by atoms with van der Waals surface area (Å²) >= 11 is 0. The minimum absolute atomic E-state index is 0.754.